The van der Waals surface area contributed by atoms with Crippen LogP contribution in [0.15, 0.2) is 48.5 Å². The van der Waals surface area contributed by atoms with Gasteiger partial charge in [0.25, 0.3) is 0 Å². The zero-order chi connectivity index (χ0) is 13.9. The molecule has 0 atom stereocenters. The molecule has 0 aliphatic heterocycles. The molecular formula is C16H17N3O. The van der Waals surface area contributed by atoms with Gasteiger partial charge in [0, 0.05) is 13.5 Å². The number of hydrogen-bond acceptors (Lipinski definition) is 3. The fourth-order valence-corrected chi connectivity index (χ4v) is 2.28. The molecule has 2 N–H and O–H groups in total. The molecule has 1 aromatic heterocycles. The maximum atomic E-state index is 5.85. The number of nitrogens with two attached hydrogens (primary N) is 1. The van der Waals surface area contributed by atoms with Crippen molar-refractivity contribution in [3.8, 4) is 5.75 Å². The third-order valence-corrected chi connectivity index (χ3v) is 3.38. The van der Waals surface area contributed by atoms with Crippen LogP contribution < -0.4 is 10.5 Å². The first kappa shape index (κ1) is 12.5. The highest BCUT2D eigenvalue weighted by Crippen LogP contribution is 2.20. The zero-order valence-corrected chi connectivity index (χ0v) is 11.4. The quantitative estimate of drug-likeness (QED) is 0.739. The molecule has 0 aliphatic carbocycles. The number of fused-ring (bicyclic) bond motifs is 1. The highest BCUT2D eigenvalue weighted by atomic mass is 16.5. The van der Waals surface area contributed by atoms with Crippen LogP contribution in [0, 0.1) is 0 Å². The van der Waals surface area contributed by atoms with Crippen molar-refractivity contribution in [2.45, 2.75) is 6.42 Å². The van der Waals surface area contributed by atoms with Crippen LogP contribution in [0.25, 0.3) is 11.0 Å². The predicted molar refractivity (Wildman–Crippen MR) is 80.8 cm³/mol. The Balaban J connectivity index is 1.71. The number of aryl methyl sites for hydroxylation is 1. The Hall–Kier alpha value is -2.49. The van der Waals surface area contributed by atoms with E-state index in [1.165, 1.54) is 0 Å². The Bertz CT molecular complexity index is 733. The van der Waals surface area contributed by atoms with Crippen LogP contribution in [0.2, 0.25) is 0 Å². The number of ether oxygens (including phenoxy) is 1. The molecule has 3 aromatic rings. The van der Waals surface area contributed by atoms with E-state index in [0.717, 1.165) is 29.0 Å². The van der Waals surface area contributed by atoms with Gasteiger partial charge in [-0.1, -0.05) is 24.3 Å². The average molecular weight is 267 g/mol. The van der Waals surface area contributed by atoms with Crippen molar-refractivity contribution in [1.29, 1.82) is 0 Å². The Morgan fingerprint density at radius 1 is 1.10 bits per heavy atom. The molecule has 0 unspecified atom stereocenters. The number of nitrogens with zero attached hydrogens (tertiary/aromatic N) is 2. The molecule has 0 aliphatic rings. The second-order valence-electron chi connectivity index (χ2n) is 4.71. The van der Waals surface area contributed by atoms with Gasteiger partial charge >= 0.3 is 0 Å². The summed E-state index contributed by atoms with van der Waals surface area (Å²) in [5.74, 6) is 1.74. The second-order valence-corrected chi connectivity index (χ2v) is 4.71. The van der Waals surface area contributed by atoms with E-state index in [0.29, 0.717) is 12.3 Å². The van der Waals surface area contributed by atoms with Gasteiger partial charge in [-0.3, -0.25) is 0 Å². The van der Waals surface area contributed by atoms with Crippen molar-refractivity contribution in [1.82, 2.24) is 9.55 Å². The number of anilines is 1. The van der Waals surface area contributed by atoms with Crippen LogP contribution in [0.5, 0.6) is 5.75 Å². The van der Waals surface area contributed by atoms with Gasteiger partial charge in [-0.05, 0) is 24.3 Å². The van der Waals surface area contributed by atoms with E-state index in [2.05, 4.69) is 15.6 Å². The van der Waals surface area contributed by atoms with Crippen LogP contribution in [0.1, 0.15) is 5.82 Å². The number of hydrogen-bond donors (Lipinski definition) is 1. The van der Waals surface area contributed by atoms with E-state index >= 15 is 0 Å². The third-order valence-electron chi connectivity index (χ3n) is 3.38. The summed E-state index contributed by atoms with van der Waals surface area (Å²) in [5.41, 5.74) is 8.67. The number of imidazole rings is 1. The van der Waals surface area contributed by atoms with Crippen LogP contribution in [0.4, 0.5) is 5.69 Å². The molecule has 0 spiro atoms. The molecule has 0 saturated heterocycles. The maximum absolute atomic E-state index is 5.85. The molecule has 0 radical (unpaired) electrons. The third kappa shape index (κ3) is 2.32. The first-order chi connectivity index (χ1) is 9.75. The lowest BCUT2D eigenvalue weighted by atomic mass is 10.3. The van der Waals surface area contributed by atoms with Gasteiger partial charge in [-0.25, -0.2) is 4.98 Å². The topological polar surface area (TPSA) is 53.1 Å². The first-order valence-electron chi connectivity index (χ1n) is 6.63. The molecule has 0 saturated carbocycles. The van der Waals surface area contributed by atoms with Crippen molar-refractivity contribution < 1.29 is 4.74 Å². The van der Waals surface area contributed by atoms with E-state index < -0.39 is 0 Å². The van der Waals surface area contributed by atoms with E-state index in [1.54, 1.807) is 0 Å². The second kappa shape index (κ2) is 5.25. The number of para-hydroxylation sites is 4. The van der Waals surface area contributed by atoms with Crippen molar-refractivity contribution in [2.24, 2.45) is 7.05 Å². The number of aromatic nitrogens is 2. The molecule has 20 heavy (non-hydrogen) atoms. The summed E-state index contributed by atoms with van der Waals surface area (Å²) in [7, 11) is 2.03. The summed E-state index contributed by atoms with van der Waals surface area (Å²) in [6.45, 7) is 0.561. The molecule has 4 heteroatoms. The van der Waals surface area contributed by atoms with Crippen molar-refractivity contribution in [3.05, 3.63) is 54.4 Å². The molecule has 0 fully saturated rings. The van der Waals surface area contributed by atoms with Crippen LogP contribution in [-0.4, -0.2) is 16.2 Å². The lowest BCUT2D eigenvalue weighted by molar-refractivity contribution is 0.319. The van der Waals surface area contributed by atoms with Gasteiger partial charge in [-0.15, -0.1) is 0 Å². The predicted octanol–water partition coefficient (Wildman–Crippen LogP) is 2.78. The summed E-state index contributed by atoms with van der Waals surface area (Å²) < 4.78 is 7.82. The number of rotatable bonds is 4. The molecule has 3 rings (SSSR count). The molecular weight excluding hydrogens is 250 g/mol. The van der Waals surface area contributed by atoms with Crippen LogP contribution in [-0.2, 0) is 13.5 Å². The largest absolute Gasteiger partial charge is 0.491 e. The highest BCUT2D eigenvalue weighted by Gasteiger charge is 2.07. The van der Waals surface area contributed by atoms with Crippen molar-refractivity contribution in [3.63, 3.8) is 0 Å². The SMILES string of the molecule is Cn1c(CCOc2ccccc2N)nc2ccccc21. The Morgan fingerprint density at radius 3 is 2.65 bits per heavy atom. The Morgan fingerprint density at radius 2 is 1.85 bits per heavy atom. The standard InChI is InChI=1S/C16H17N3O/c1-19-14-8-4-3-7-13(14)18-16(19)10-11-20-15-9-5-2-6-12(15)17/h2-9H,10-11,17H2,1H3. The fourth-order valence-electron chi connectivity index (χ4n) is 2.28. The lowest BCUT2D eigenvalue weighted by Gasteiger charge is -2.08. The zero-order valence-electron chi connectivity index (χ0n) is 11.4. The van der Waals surface area contributed by atoms with Crippen molar-refractivity contribution in [2.75, 3.05) is 12.3 Å². The van der Waals surface area contributed by atoms with Gasteiger partial charge in [0.1, 0.15) is 11.6 Å². The monoisotopic (exact) mass is 267 g/mol. The minimum absolute atomic E-state index is 0.561. The van der Waals surface area contributed by atoms with E-state index in [4.69, 9.17) is 10.5 Å². The van der Waals surface area contributed by atoms with Gasteiger partial charge in [0.15, 0.2) is 0 Å². The summed E-state index contributed by atoms with van der Waals surface area (Å²) >= 11 is 0. The smallest absolute Gasteiger partial charge is 0.142 e. The lowest BCUT2D eigenvalue weighted by Crippen LogP contribution is -2.07. The first-order valence-corrected chi connectivity index (χ1v) is 6.63. The Labute approximate surface area is 117 Å². The molecule has 102 valence electrons. The Kier molecular flexibility index (Phi) is 3.29. The number of nitrogen functional groups attached to an aromatic ring is 1. The maximum Gasteiger partial charge on any atom is 0.142 e. The highest BCUT2D eigenvalue weighted by molar-refractivity contribution is 5.75. The summed E-state index contributed by atoms with van der Waals surface area (Å²) in [6, 6.07) is 15.6. The van der Waals surface area contributed by atoms with Gasteiger partial charge in [-0.2, -0.15) is 0 Å². The fraction of sp³-hybridized carbons (Fsp3) is 0.188. The normalized spacial score (nSPS) is 10.8. The minimum atomic E-state index is 0.561. The summed E-state index contributed by atoms with van der Waals surface area (Å²) in [4.78, 5) is 4.62. The van der Waals surface area contributed by atoms with Gasteiger partial charge < -0.3 is 15.0 Å². The van der Waals surface area contributed by atoms with Crippen LogP contribution in [0.3, 0.4) is 0 Å². The van der Waals surface area contributed by atoms with Gasteiger partial charge in [0.05, 0.1) is 23.3 Å². The van der Waals surface area contributed by atoms with E-state index in [-0.39, 0.29) is 0 Å². The molecule has 0 amide bonds. The van der Waals surface area contributed by atoms with Crippen molar-refractivity contribution >= 4 is 16.7 Å². The van der Waals surface area contributed by atoms with Crippen LogP contribution >= 0.6 is 0 Å². The molecule has 2 aromatic carbocycles. The summed E-state index contributed by atoms with van der Waals surface area (Å²) in [5, 5.41) is 0. The molecule has 0 bridgehead atoms. The van der Waals surface area contributed by atoms with E-state index in [9.17, 15) is 0 Å². The number of benzene rings is 2. The van der Waals surface area contributed by atoms with E-state index in [1.807, 2.05) is 49.5 Å². The van der Waals surface area contributed by atoms with Gasteiger partial charge in [0.2, 0.25) is 0 Å². The molecule has 4 nitrogen and oxygen atoms in total. The average Bonchev–Trinajstić information content (AvgIpc) is 2.78. The molecule has 1 heterocycles. The summed E-state index contributed by atoms with van der Waals surface area (Å²) in [6.07, 6.45) is 0.750. The minimum Gasteiger partial charge on any atom is -0.491 e.